The highest BCUT2D eigenvalue weighted by Crippen LogP contribution is 2.36. The molecular weight excluding hydrogens is 186 g/mol. The molecule has 0 saturated carbocycles. The van der Waals surface area contributed by atoms with Crippen LogP contribution < -0.4 is 0 Å². The molecule has 0 unspecified atom stereocenters. The van der Waals surface area contributed by atoms with Gasteiger partial charge in [-0.15, -0.1) is 11.6 Å². The Hall–Kier alpha value is 0.0149. The van der Waals surface area contributed by atoms with Gasteiger partial charge in [0.25, 0.3) is 0 Å². The third-order valence-electron chi connectivity index (χ3n) is 2.65. The largest absolute Gasteiger partial charge is 0.486 e. The standard InChI is InChI=1S/C9H16BClO2/c1-8(2)9(3,4)13-10(12-8)6-5-7-11/h5-6H,7H2,1-4H3/b6-5+. The lowest BCUT2D eigenvalue weighted by molar-refractivity contribution is 0.00578. The second-order valence-corrected chi connectivity index (χ2v) is 4.52. The minimum atomic E-state index is -0.260. The van der Waals surface area contributed by atoms with Crippen LogP contribution in [0.1, 0.15) is 27.7 Å². The lowest BCUT2D eigenvalue weighted by Crippen LogP contribution is -2.41. The molecule has 0 aromatic heterocycles. The van der Waals surface area contributed by atoms with E-state index in [0.29, 0.717) is 5.88 Å². The molecule has 0 aromatic carbocycles. The third kappa shape index (κ3) is 2.28. The van der Waals surface area contributed by atoms with Gasteiger partial charge < -0.3 is 9.31 Å². The molecule has 1 rings (SSSR count). The second-order valence-electron chi connectivity index (χ2n) is 4.21. The van der Waals surface area contributed by atoms with Crippen LogP contribution in [0.4, 0.5) is 0 Å². The first-order valence-electron chi connectivity index (χ1n) is 4.47. The van der Waals surface area contributed by atoms with Crippen molar-refractivity contribution >= 4 is 18.7 Å². The number of hydrogen-bond donors (Lipinski definition) is 0. The zero-order chi connectivity index (χ0) is 10.1. The van der Waals surface area contributed by atoms with Crippen LogP contribution >= 0.6 is 11.6 Å². The van der Waals surface area contributed by atoms with Crippen LogP contribution in [0.3, 0.4) is 0 Å². The highest BCUT2D eigenvalue weighted by Gasteiger charge is 2.49. The maximum atomic E-state index is 5.70. The summed E-state index contributed by atoms with van der Waals surface area (Å²) in [6.45, 7) is 8.12. The van der Waals surface area contributed by atoms with E-state index in [4.69, 9.17) is 20.9 Å². The number of alkyl halides is 1. The molecule has 1 heterocycles. The van der Waals surface area contributed by atoms with Gasteiger partial charge in [0.05, 0.1) is 11.2 Å². The summed E-state index contributed by atoms with van der Waals surface area (Å²) in [6, 6.07) is 0. The average molecular weight is 202 g/mol. The Kier molecular flexibility index (Phi) is 3.10. The number of halogens is 1. The van der Waals surface area contributed by atoms with Gasteiger partial charge in [0.2, 0.25) is 0 Å². The molecule has 0 spiro atoms. The summed E-state index contributed by atoms with van der Waals surface area (Å²) in [4.78, 5) is 0. The first kappa shape index (κ1) is 11.1. The average Bonchev–Trinajstić information content (AvgIpc) is 2.17. The van der Waals surface area contributed by atoms with Crippen LogP contribution in [-0.2, 0) is 9.31 Å². The van der Waals surface area contributed by atoms with Crippen LogP contribution in [0.5, 0.6) is 0 Å². The number of hydrogen-bond acceptors (Lipinski definition) is 2. The quantitative estimate of drug-likeness (QED) is 0.506. The van der Waals surface area contributed by atoms with Crippen molar-refractivity contribution in [1.82, 2.24) is 0 Å². The summed E-state index contributed by atoms with van der Waals surface area (Å²) in [6.07, 6.45) is 1.84. The van der Waals surface area contributed by atoms with Crippen molar-refractivity contribution < 1.29 is 9.31 Å². The zero-order valence-electron chi connectivity index (χ0n) is 8.63. The Labute approximate surface area is 85.4 Å². The Balaban J connectivity index is 2.65. The van der Waals surface area contributed by atoms with E-state index in [1.54, 1.807) is 0 Å². The predicted octanol–water partition coefficient (Wildman–Crippen LogP) is 2.41. The molecule has 0 aliphatic carbocycles. The first-order chi connectivity index (χ1) is 5.89. The normalized spacial score (nSPS) is 25.8. The van der Waals surface area contributed by atoms with Crippen LogP contribution in [0.2, 0.25) is 0 Å². The van der Waals surface area contributed by atoms with Gasteiger partial charge in [0.1, 0.15) is 0 Å². The summed E-state index contributed by atoms with van der Waals surface area (Å²) in [5.41, 5.74) is -0.511. The molecule has 0 radical (unpaired) electrons. The highest BCUT2D eigenvalue weighted by atomic mass is 35.5. The molecule has 0 bridgehead atoms. The molecular formula is C9H16BClO2. The molecule has 13 heavy (non-hydrogen) atoms. The number of allylic oxidation sites excluding steroid dienone is 1. The minimum absolute atomic E-state index is 0.256. The van der Waals surface area contributed by atoms with Gasteiger partial charge in [-0.3, -0.25) is 0 Å². The molecule has 1 fully saturated rings. The fourth-order valence-electron chi connectivity index (χ4n) is 1.13. The van der Waals surface area contributed by atoms with E-state index in [1.165, 1.54) is 0 Å². The summed E-state index contributed by atoms with van der Waals surface area (Å²) in [5, 5.41) is 0. The van der Waals surface area contributed by atoms with Crippen molar-refractivity contribution in [2.24, 2.45) is 0 Å². The Bertz CT molecular complexity index is 198. The predicted molar refractivity (Wildman–Crippen MR) is 55.9 cm³/mol. The van der Waals surface area contributed by atoms with Crippen LogP contribution in [0.15, 0.2) is 12.1 Å². The highest BCUT2D eigenvalue weighted by molar-refractivity contribution is 6.51. The number of rotatable bonds is 2. The zero-order valence-corrected chi connectivity index (χ0v) is 9.39. The van der Waals surface area contributed by atoms with Crippen LogP contribution in [0.25, 0.3) is 0 Å². The van der Waals surface area contributed by atoms with Crippen molar-refractivity contribution in [2.45, 2.75) is 38.9 Å². The molecule has 0 amide bonds. The molecule has 1 aliphatic rings. The van der Waals surface area contributed by atoms with Gasteiger partial charge in [0, 0.05) is 5.88 Å². The van der Waals surface area contributed by atoms with Gasteiger partial charge in [-0.1, -0.05) is 12.1 Å². The summed E-state index contributed by atoms with van der Waals surface area (Å²) >= 11 is 5.52. The van der Waals surface area contributed by atoms with Gasteiger partial charge >= 0.3 is 7.12 Å². The summed E-state index contributed by atoms with van der Waals surface area (Å²) < 4.78 is 11.4. The second kappa shape index (κ2) is 3.64. The van der Waals surface area contributed by atoms with Crippen LogP contribution in [0, 0.1) is 0 Å². The Morgan fingerprint density at radius 3 is 2.00 bits per heavy atom. The summed E-state index contributed by atoms with van der Waals surface area (Å²) in [7, 11) is -0.260. The monoisotopic (exact) mass is 202 g/mol. The van der Waals surface area contributed by atoms with E-state index in [-0.39, 0.29) is 18.3 Å². The fraction of sp³-hybridized carbons (Fsp3) is 0.778. The Morgan fingerprint density at radius 2 is 1.62 bits per heavy atom. The molecule has 4 heteroatoms. The maximum Gasteiger partial charge on any atom is 0.486 e. The lowest BCUT2D eigenvalue weighted by atomic mass is 9.90. The van der Waals surface area contributed by atoms with E-state index >= 15 is 0 Å². The van der Waals surface area contributed by atoms with Gasteiger partial charge in [-0.2, -0.15) is 0 Å². The van der Waals surface area contributed by atoms with Crippen molar-refractivity contribution in [3.8, 4) is 0 Å². The maximum absolute atomic E-state index is 5.70. The lowest BCUT2D eigenvalue weighted by Gasteiger charge is -2.32. The Morgan fingerprint density at radius 1 is 1.15 bits per heavy atom. The minimum Gasteiger partial charge on any atom is -0.400 e. The fourth-order valence-corrected chi connectivity index (χ4v) is 1.23. The van der Waals surface area contributed by atoms with E-state index in [9.17, 15) is 0 Å². The van der Waals surface area contributed by atoms with Crippen molar-refractivity contribution in [1.29, 1.82) is 0 Å². The van der Waals surface area contributed by atoms with Crippen molar-refractivity contribution in [3.05, 3.63) is 12.1 Å². The van der Waals surface area contributed by atoms with Gasteiger partial charge in [-0.25, -0.2) is 0 Å². The molecule has 0 aromatic rings. The van der Waals surface area contributed by atoms with E-state index in [2.05, 4.69) is 0 Å². The topological polar surface area (TPSA) is 18.5 Å². The van der Waals surface area contributed by atoms with E-state index in [0.717, 1.165) is 0 Å². The van der Waals surface area contributed by atoms with E-state index in [1.807, 2.05) is 39.7 Å². The molecule has 0 N–H and O–H groups in total. The molecule has 2 nitrogen and oxygen atoms in total. The summed E-state index contributed by atoms with van der Waals surface area (Å²) in [5.74, 6) is 2.34. The molecule has 1 saturated heterocycles. The first-order valence-corrected chi connectivity index (χ1v) is 5.01. The van der Waals surface area contributed by atoms with E-state index < -0.39 is 0 Å². The molecule has 74 valence electrons. The molecule has 1 aliphatic heterocycles. The van der Waals surface area contributed by atoms with Crippen molar-refractivity contribution in [3.63, 3.8) is 0 Å². The third-order valence-corrected chi connectivity index (χ3v) is 2.83. The smallest absolute Gasteiger partial charge is 0.400 e. The van der Waals surface area contributed by atoms with Crippen molar-refractivity contribution in [2.75, 3.05) is 5.88 Å². The van der Waals surface area contributed by atoms with Gasteiger partial charge in [-0.05, 0) is 27.7 Å². The van der Waals surface area contributed by atoms with Crippen LogP contribution in [-0.4, -0.2) is 24.2 Å². The van der Waals surface area contributed by atoms with Gasteiger partial charge in [0.15, 0.2) is 0 Å². The SMILES string of the molecule is CC1(C)OB(/C=C/CCl)OC1(C)C. The molecule has 0 atom stereocenters.